The van der Waals surface area contributed by atoms with Gasteiger partial charge in [-0.3, -0.25) is 4.40 Å². The summed E-state index contributed by atoms with van der Waals surface area (Å²) in [4.78, 5) is 0. The summed E-state index contributed by atoms with van der Waals surface area (Å²) in [5.41, 5.74) is 0.943. The molecule has 5 unspecified atom stereocenters. The van der Waals surface area contributed by atoms with Gasteiger partial charge in [0.25, 0.3) is 0 Å². The molecule has 3 saturated carbocycles. The van der Waals surface area contributed by atoms with Gasteiger partial charge in [0.1, 0.15) is 0 Å². The number of hydrogen-bond acceptors (Lipinski definition) is 3. The van der Waals surface area contributed by atoms with Crippen molar-refractivity contribution in [2.75, 3.05) is 0 Å². The first-order valence-corrected chi connectivity index (χ1v) is 8.42. The summed E-state index contributed by atoms with van der Waals surface area (Å²) in [6.45, 7) is 0.844. The number of hydrogen-bond donors (Lipinski definition) is 1. The van der Waals surface area contributed by atoms with Gasteiger partial charge in [-0.25, -0.2) is 0 Å². The minimum absolute atomic E-state index is 0.713. The van der Waals surface area contributed by atoms with Crippen LogP contribution in [0, 0.1) is 23.7 Å². The second kappa shape index (κ2) is 4.54. The zero-order valence-electron chi connectivity index (χ0n) is 12.3. The topological polar surface area (TPSA) is 42.2 Å². The third-order valence-electron chi connectivity index (χ3n) is 6.34. The summed E-state index contributed by atoms with van der Waals surface area (Å²) in [6.07, 6.45) is 9.39. The van der Waals surface area contributed by atoms with E-state index in [2.05, 4.69) is 26.1 Å². The average Bonchev–Trinajstić information content (AvgIpc) is 3.25. The Bertz CT molecular complexity index is 664. The minimum Gasteiger partial charge on any atom is -0.307 e. The molecule has 0 spiro atoms. The largest absolute Gasteiger partial charge is 0.307 e. The van der Waals surface area contributed by atoms with Gasteiger partial charge in [0.15, 0.2) is 11.5 Å². The van der Waals surface area contributed by atoms with Crippen LogP contribution in [0.15, 0.2) is 24.4 Å². The lowest BCUT2D eigenvalue weighted by Crippen LogP contribution is -2.39. The van der Waals surface area contributed by atoms with E-state index >= 15 is 0 Å². The van der Waals surface area contributed by atoms with E-state index in [0.717, 1.165) is 41.7 Å². The van der Waals surface area contributed by atoms with E-state index in [9.17, 15) is 0 Å². The fraction of sp³-hybridized carbons (Fsp3) is 0.647. The second-order valence-electron chi connectivity index (χ2n) is 7.19. The van der Waals surface area contributed by atoms with E-state index in [0.29, 0.717) is 6.04 Å². The normalized spacial score (nSPS) is 37.4. The number of rotatable bonds is 3. The van der Waals surface area contributed by atoms with E-state index in [1.165, 1.54) is 32.1 Å². The number of fused-ring (bicyclic) bond motifs is 6. The van der Waals surface area contributed by atoms with E-state index < -0.39 is 0 Å². The van der Waals surface area contributed by atoms with Crippen LogP contribution in [-0.2, 0) is 6.54 Å². The lowest BCUT2D eigenvalue weighted by atomic mass is 9.79. The SMILES string of the molecule is c1ccn2c(CNC3CC4CC3C3CCCC43)nnc2c1. The Morgan fingerprint density at radius 3 is 3.05 bits per heavy atom. The highest BCUT2D eigenvalue weighted by molar-refractivity contribution is 5.36. The Morgan fingerprint density at radius 2 is 2.05 bits per heavy atom. The monoisotopic (exact) mass is 282 g/mol. The third-order valence-corrected chi connectivity index (χ3v) is 6.34. The molecule has 110 valence electrons. The van der Waals surface area contributed by atoms with Crippen LogP contribution in [0.25, 0.3) is 5.65 Å². The standard InChI is InChI=1S/C17H22N4/c1-2-7-21-16(6-1)19-20-17(21)10-18-15-9-11-8-14(15)13-5-3-4-12(11)13/h1-2,6-7,11-15,18H,3-5,8-10H2. The van der Waals surface area contributed by atoms with Gasteiger partial charge in [-0.05, 0) is 61.5 Å². The van der Waals surface area contributed by atoms with Crippen molar-refractivity contribution in [2.24, 2.45) is 23.7 Å². The summed E-state index contributed by atoms with van der Waals surface area (Å²) in [6, 6.07) is 6.78. The van der Waals surface area contributed by atoms with Crippen molar-refractivity contribution >= 4 is 5.65 Å². The van der Waals surface area contributed by atoms with E-state index in [1.54, 1.807) is 0 Å². The van der Waals surface area contributed by atoms with Gasteiger partial charge >= 0.3 is 0 Å². The molecule has 0 radical (unpaired) electrons. The molecule has 5 atom stereocenters. The summed E-state index contributed by atoms with van der Waals surface area (Å²) in [5, 5.41) is 12.4. The smallest absolute Gasteiger partial charge is 0.160 e. The highest BCUT2D eigenvalue weighted by atomic mass is 15.3. The van der Waals surface area contributed by atoms with Gasteiger partial charge in [-0.1, -0.05) is 12.5 Å². The fourth-order valence-corrected chi connectivity index (χ4v) is 5.54. The number of aromatic nitrogens is 3. The van der Waals surface area contributed by atoms with Crippen molar-refractivity contribution in [1.82, 2.24) is 19.9 Å². The molecule has 5 rings (SSSR count). The molecule has 3 aliphatic carbocycles. The van der Waals surface area contributed by atoms with Crippen LogP contribution in [0.5, 0.6) is 0 Å². The lowest BCUT2D eigenvalue weighted by Gasteiger charge is -2.32. The molecule has 2 aromatic rings. The average molecular weight is 282 g/mol. The van der Waals surface area contributed by atoms with Crippen molar-refractivity contribution in [3.8, 4) is 0 Å². The predicted octanol–water partition coefficient (Wildman–Crippen LogP) is 2.64. The van der Waals surface area contributed by atoms with Gasteiger partial charge in [-0.15, -0.1) is 10.2 Å². The summed E-state index contributed by atoms with van der Waals surface area (Å²) in [7, 11) is 0. The van der Waals surface area contributed by atoms with Crippen LogP contribution < -0.4 is 5.32 Å². The molecule has 2 heterocycles. The molecule has 4 nitrogen and oxygen atoms in total. The van der Waals surface area contributed by atoms with Crippen LogP contribution in [-0.4, -0.2) is 20.6 Å². The molecule has 0 amide bonds. The van der Waals surface area contributed by atoms with Crippen molar-refractivity contribution in [3.05, 3.63) is 30.2 Å². The molecule has 4 heteroatoms. The fourth-order valence-electron chi connectivity index (χ4n) is 5.54. The first-order valence-electron chi connectivity index (χ1n) is 8.42. The number of nitrogens with zero attached hydrogens (tertiary/aromatic N) is 3. The third kappa shape index (κ3) is 1.78. The maximum Gasteiger partial charge on any atom is 0.160 e. The molecule has 0 aliphatic heterocycles. The summed E-state index contributed by atoms with van der Waals surface area (Å²) < 4.78 is 2.10. The van der Waals surface area contributed by atoms with E-state index in [4.69, 9.17) is 0 Å². The summed E-state index contributed by atoms with van der Waals surface area (Å²) in [5.74, 6) is 5.08. The maximum absolute atomic E-state index is 4.34. The summed E-state index contributed by atoms with van der Waals surface area (Å²) >= 11 is 0. The minimum atomic E-state index is 0.713. The zero-order valence-corrected chi connectivity index (χ0v) is 12.3. The maximum atomic E-state index is 4.34. The molecular weight excluding hydrogens is 260 g/mol. The van der Waals surface area contributed by atoms with Crippen LogP contribution in [0.3, 0.4) is 0 Å². The molecule has 3 fully saturated rings. The molecule has 21 heavy (non-hydrogen) atoms. The Balaban J connectivity index is 1.31. The highest BCUT2D eigenvalue weighted by Gasteiger charge is 2.53. The highest BCUT2D eigenvalue weighted by Crippen LogP contribution is 2.58. The molecule has 0 saturated heterocycles. The Labute approximate surface area is 125 Å². The Hall–Kier alpha value is -1.42. The first-order chi connectivity index (χ1) is 10.4. The number of pyridine rings is 1. The predicted molar refractivity (Wildman–Crippen MR) is 80.7 cm³/mol. The first kappa shape index (κ1) is 12.2. The van der Waals surface area contributed by atoms with Crippen LogP contribution >= 0.6 is 0 Å². The molecule has 0 aromatic carbocycles. The lowest BCUT2D eigenvalue weighted by molar-refractivity contribution is 0.207. The number of nitrogens with one attached hydrogen (secondary N) is 1. The van der Waals surface area contributed by atoms with Crippen molar-refractivity contribution < 1.29 is 0 Å². The second-order valence-corrected chi connectivity index (χ2v) is 7.19. The van der Waals surface area contributed by atoms with Crippen molar-refractivity contribution in [3.63, 3.8) is 0 Å². The van der Waals surface area contributed by atoms with Gasteiger partial charge < -0.3 is 5.32 Å². The van der Waals surface area contributed by atoms with E-state index in [-0.39, 0.29) is 0 Å². The Kier molecular flexibility index (Phi) is 2.63. The molecular formula is C17H22N4. The van der Waals surface area contributed by atoms with Gasteiger partial charge in [0, 0.05) is 12.2 Å². The van der Waals surface area contributed by atoms with Crippen LogP contribution in [0.2, 0.25) is 0 Å². The molecule has 3 aliphatic rings. The van der Waals surface area contributed by atoms with Gasteiger partial charge in [-0.2, -0.15) is 0 Å². The molecule has 1 N–H and O–H groups in total. The van der Waals surface area contributed by atoms with Crippen molar-refractivity contribution in [1.29, 1.82) is 0 Å². The molecule has 2 aromatic heterocycles. The molecule has 2 bridgehead atoms. The van der Waals surface area contributed by atoms with E-state index in [1.807, 2.05) is 18.2 Å². The van der Waals surface area contributed by atoms with Crippen LogP contribution in [0.4, 0.5) is 0 Å². The van der Waals surface area contributed by atoms with Gasteiger partial charge in [0.05, 0.1) is 6.54 Å². The van der Waals surface area contributed by atoms with Gasteiger partial charge in [0.2, 0.25) is 0 Å². The quantitative estimate of drug-likeness (QED) is 0.941. The Morgan fingerprint density at radius 1 is 1.10 bits per heavy atom. The van der Waals surface area contributed by atoms with Crippen molar-refractivity contribution in [2.45, 2.75) is 44.7 Å². The zero-order chi connectivity index (χ0) is 13.8. The van der Waals surface area contributed by atoms with Crippen LogP contribution in [0.1, 0.15) is 37.9 Å².